The summed E-state index contributed by atoms with van der Waals surface area (Å²) in [5, 5.41) is 4.72. The van der Waals surface area contributed by atoms with Gasteiger partial charge in [0.25, 0.3) is 15.9 Å². The van der Waals surface area contributed by atoms with Gasteiger partial charge in [0.2, 0.25) is 0 Å². The van der Waals surface area contributed by atoms with Crippen LogP contribution in [-0.4, -0.2) is 30.8 Å². The van der Waals surface area contributed by atoms with Crippen LogP contribution in [0.2, 0.25) is 0 Å². The zero-order chi connectivity index (χ0) is 21.1. The quantitative estimate of drug-likeness (QED) is 0.458. The van der Waals surface area contributed by atoms with Crippen molar-refractivity contribution in [2.75, 3.05) is 11.8 Å². The molecule has 4 rings (SSSR count). The minimum atomic E-state index is -3.77. The average Bonchev–Trinajstić information content (AvgIpc) is 3.34. The number of fused-ring (bicyclic) bond motifs is 1. The number of rotatable bonds is 7. The molecular weight excluding hydrogens is 424 g/mol. The maximum atomic E-state index is 12.6. The van der Waals surface area contributed by atoms with Crippen LogP contribution < -0.4 is 14.8 Å². The molecule has 0 radical (unpaired) electrons. The zero-order valence-electron chi connectivity index (χ0n) is 15.9. The lowest BCUT2D eigenvalue weighted by molar-refractivity contribution is 0.0950. The van der Waals surface area contributed by atoms with E-state index in [2.05, 4.69) is 15.0 Å². The number of ether oxygens (including phenoxy) is 1. The number of imidazole rings is 1. The molecule has 4 aromatic rings. The Morgan fingerprint density at radius 2 is 1.87 bits per heavy atom. The number of nitrogens with zero attached hydrogens (tertiary/aromatic N) is 2. The van der Waals surface area contributed by atoms with E-state index in [0.29, 0.717) is 17.0 Å². The summed E-state index contributed by atoms with van der Waals surface area (Å²) in [5.74, 6) is 0.321. The first-order chi connectivity index (χ1) is 14.4. The van der Waals surface area contributed by atoms with Crippen molar-refractivity contribution in [1.82, 2.24) is 14.7 Å². The van der Waals surface area contributed by atoms with Gasteiger partial charge < -0.3 is 10.1 Å². The van der Waals surface area contributed by atoms with Crippen molar-refractivity contribution in [3.8, 4) is 5.75 Å². The fourth-order valence-corrected chi connectivity index (χ4v) is 4.57. The van der Waals surface area contributed by atoms with Crippen molar-refractivity contribution in [2.24, 2.45) is 0 Å². The second-order valence-electron chi connectivity index (χ2n) is 6.37. The first-order valence-corrected chi connectivity index (χ1v) is 11.3. The molecule has 0 aliphatic heterocycles. The molecule has 1 amide bonds. The Balaban J connectivity index is 1.40. The highest BCUT2D eigenvalue weighted by Crippen LogP contribution is 2.20. The van der Waals surface area contributed by atoms with Crippen LogP contribution in [0.4, 0.5) is 5.69 Å². The van der Waals surface area contributed by atoms with E-state index in [-0.39, 0.29) is 17.3 Å². The molecule has 0 atom stereocenters. The summed E-state index contributed by atoms with van der Waals surface area (Å²) >= 11 is 1.52. The topological polar surface area (TPSA) is 102 Å². The molecule has 2 aromatic heterocycles. The Kier molecular flexibility index (Phi) is 5.42. The van der Waals surface area contributed by atoms with Gasteiger partial charge in [0.1, 0.15) is 5.75 Å². The smallest absolute Gasteiger partial charge is 0.261 e. The summed E-state index contributed by atoms with van der Waals surface area (Å²) in [7, 11) is -2.24. The van der Waals surface area contributed by atoms with E-state index in [1.54, 1.807) is 24.3 Å². The lowest BCUT2D eigenvalue weighted by atomic mass is 10.2. The number of methoxy groups -OCH3 is 1. The van der Waals surface area contributed by atoms with E-state index < -0.39 is 10.0 Å². The number of hydrogen-bond donors (Lipinski definition) is 2. The largest absolute Gasteiger partial charge is 0.497 e. The van der Waals surface area contributed by atoms with Crippen LogP contribution in [0.1, 0.15) is 16.1 Å². The van der Waals surface area contributed by atoms with Gasteiger partial charge in [-0.3, -0.25) is 13.9 Å². The molecule has 0 bridgehead atoms. The molecule has 2 aromatic carbocycles. The fraction of sp³-hybridized carbons (Fsp3) is 0.100. The Hall–Kier alpha value is -3.37. The van der Waals surface area contributed by atoms with Crippen LogP contribution >= 0.6 is 11.3 Å². The number of hydrogen-bond acceptors (Lipinski definition) is 6. The molecule has 8 nitrogen and oxygen atoms in total. The van der Waals surface area contributed by atoms with Gasteiger partial charge in [-0.25, -0.2) is 13.4 Å². The lowest BCUT2D eigenvalue weighted by Gasteiger charge is -2.09. The average molecular weight is 443 g/mol. The molecule has 0 aliphatic carbocycles. The second kappa shape index (κ2) is 8.17. The number of benzene rings is 2. The molecule has 0 spiro atoms. The van der Waals surface area contributed by atoms with E-state index in [4.69, 9.17) is 4.74 Å². The Bertz CT molecular complexity index is 1250. The molecule has 0 unspecified atom stereocenters. The normalized spacial score (nSPS) is 11.4. The highest BCUT2D eigenvalue weighted by Gasteiger charge is 2.15. The highest BCUT2D eigenvalue weighted by molar-refractivity contribution is 7.92. The molecule has 0 saturated heterocycles. The van der Waals surface area contributed by atoms with Gasteiger partial charge in [-0.1, -0.05) is 0 Å². The molecule has 10 heteroatoms. The van der Waals surface area contributed by atoms with Crippen LogP contribution in [0.5, 0.6) is 5.75 Å². The molecule has 2 heterocycles. The Labute approximate surface area is 177 Å². The van der Waals surface area contributed by atoms with E-state index in [1.807, 2.05) is 22.2 Å². The highest BCUT2D eigenvalue weighted by atomic mass is 32.2. The van der Waals surface area contributed by atoms with Crippen LogP contribution in [-0.2, 0) is 16.6 Å². The number of aromatic nitrogens is 2. The number of thiazole rings is 1. The molecule has 154 valence electrons. The number of carbonyl (C=O) groups is 1. The van der Waals surface area contributed by atoms with Gasteiger partial charge in [0.05, 0.1) is 24.2 Å². The standard InChI is InChI=1S/C20H18N4O4S2/c1-28-17-6-4-15(5-7-17)23-30(26,27)18-8-2-14(3-9-18)19(25)21-12-16-13-24-10-11-29-20(24)22-16/h2-11,13,23H,12H2,1H3,(H,21,25). The van der Waals surface area contributed by atoms with Gasteiger partial charge in [0, 0.05) is 29.0 Å². The van der Waals surface area contributed by atoms with Crippen LogP contribution in [0, 0.1) is 0 Å². The van der Waals surface area contributed by atoms with E-state index in [0.717, 1.165) is 10.7 Å². The number of carbonyl (C=O) groups excluding carboxylic acids is 1. The summed E-state index contributed by atoms with van der Waals surface area (Å²) in [6.07, 6.45) is 3.75. The third kappa shape index (κ3) is 4.29. The molecule has 0 saturated carbocycles. The predicted octanol–water partition coefficient (Wildman–Crippen LogP) is 3.14. The molecule has 2 N–H and O–H groups in total. The SMILES string of the molecule is COc1ccc(NS(=O)(=O)c2ccc(C(=O)NCc3cn4ccsc4n3)cc2)cc1. The van der Waals surface area contributed by atoms with Gasteiger partial charge in [0.15, 0.2) is 4.96 Å². The maximum absolute atomic E-state index is 12.6. The van der Waals surface area contributed by atoms with Gasteiger partial charge >= 0.3 is 0 Å². The minimum absolute atomic E-state index is 0.0595. The first kappa shape index (κ1) is 19.9. The molecule has 0 aliphatic rings. The predicted molar refractivity (Wildman–Crippen MR) is 114 cm³/mol. The van der Waals surface area contributed by atoms with E-state index in [9.17, 15) is 13.2 Å². The number of anilines is 1. The summed E-state index contributed by atoms with van der Waals surface area (Å²) < 4.78 is 34.6. The minimum Gasteiger partial charge on any atom is -0.497 e. The monoisotopic (exact) mass is 442 g/mol. The Morgan fingerprint density at radius 3 is 2.53 bits per heavy atom. The maximum Gasteiger partial charge on any atom is 0.261 e. The molecule has 30 heavy (non-hydrogen) atoms. The number of nitrogens with one attached hydrogen (secondary N) is 2. The third-order valence-corrected chi connectivity index (χ3v) is 6.51. The summed E-state index contributed by atoms with van der Waals surface area (Å²) in [4.78, 5) is 17.7. The third-order valence-electron chi connectivity index (χ3n) is 4.34. The van der Waals surface area contributed by atoms with Gasteiger partial charge in [-0.2, -0.15) is 0 Å². The van der Waals surface area contributed by atoms with Crippen molar-refractivity contribution >= 4 is 37.9 Å². The van der Waals surface area contributed by atoms with Crippen LogP contribution in [0.25, 0.3) is 4.96 Å². The Morgan fingerprint density at radius 1 is 1.13 bits per heavy atom. The second-order valence-corrected chi connectivity index (χ2v) is 8.92. The van der Waals surface area contributed by atoms with Gasteiger partial charge in [-0.05, 0) is 48.5 Å². The van der Waals surface area contributed by atoms with E-state index >= 15 is 0 Å². The van der Waals surface area contributed by atoms with Gasteiger partial charge in [-0.15, -0.1) is 11.3 Å². The van der Waals surface area contributed by atoms with E-state index in [1.165, 1.54) is 42.7 Å². The zero-order valence-corrected chi connectivity index (χ0v) is 17.5. The van der Waals surface area contributed by atoms with Crippen molar-refractivity contribution in [3.63, 3.8) is 0 Å². The van der Waals surface area contributed by atoms with Crippen molar-refractivity contribution in [3.05, 3.63) is 77.6 Å². The molecule has 0 fully saturated rings. The summed E-state index contributed by atoms with van der Waals surface area (Å²) in [6.45, 7) is 0.284. The van der Waals surface area contributed by atoms with Crippen molar-refractivity contribution in [1.29, 1.82) is 0 Å². The number of sulfonamides is 1. The van der Waals surface area contributed by atoms with Crippen molar-refractivity contribution < 1.29 is 17.9 Å². The first-order valence-electron chi connectivity index (χ1n) is 8.91. The van der Waals surface area contributed by atoms with Crippen LogP contribution in [0.3, 0.4) is 0 Å². The van der Waals surface area contributed by atoms with Crippen LogP contribution in [0.15, 0.2) is 71.2 Å². The van der Waals surface area contributed by atoms with Crippen molar-refractivity contribution in [2.45, 2.75) is 11.4 Å². The molecular formula is C20H18N4O4S2. The number of amides is 1. The fourth-order valence-electron chi connectivity index (χ4n) is 2.79. The summed E-state index contributed by atoms with van der Waals surface area (Å²) in [6, 6.07) is 12.3. The summed E-state index contributed by atoms with van der Waals surface area (Å²) in [5.41, 5.74) is 1.52. The lowest BCUT2D eigenvalue weighted by Crippen LogP contribution is -2.23.